The van der Waals surface area contributed by atoms with Crippen molar-refractivity contribution in [1.29, 1.82) is 0 Å². The minimum absolute atomic E-state index is 0.620. The van der Waals surface area contributed by atoms with Crippen molar-refractivity contribution in [2.45, 2.75) is 44.5 Å². The Kier molecular flexibility index (Phi) is 4.82. The zero-order valence-electron chi connectivity index (χ0n) is 17.6. The van der Waals surface area contributed by atoms with Gasteiger partial charge in [-0.15, -0.1) is 0 Å². The number of fused-ring (bicyclic) bond motifs is 3. The number of aromatic nitrogens is 2. The van der Waals surface area contributed by atoms with E-state index in [2.05, 4.69) is 66.6 Å². The summed E-state index contributed by atoms with van der Waals surface area (Å²) >= 11 is -1.98. The van der Waals surface area contributed by atoms with Crippen LogP contribution < -0.4 is 4.40 Å². The van der Waals surface area contributed by atoms with Gasteiger partial charge in [-0.2, -0.15) is 0 Å². The van der Waals surface area contributed by atoms with E-state index in [-0.39, 0.29) is 0 Å². The average Bonchev–Trinajstić information content (AvgIpc) is 3.00. The zero-order valence-corrected chi connectivity index (χ0v) is 19.7. The first-order chi connectivity index (χ1) is 13.3. The summed E-state index contributed by atoms with van der Waals surface area (Å²) in [5.74, 6) is 7.94. The van der Waals surface area contributed by atoms with Gasteiger partial charge in [0.25, 0.3) is 0 Å². The van der Waals surface area contributed by atoms with Crippen molar-refractivity contribution >= 4 is 39.6 Å². The number of pyridine rings is 2. The Morgan fingerprint density at radius 1 is 1.00 bits per heavy atom. The zero-order chi connectivity index (χ0) is 20.1. The van der Waals surface area contributed by atoms with E-state index >= 15 is 0 Å². The quantitative estimate of drug-likeness (QED) is 0.366. The second-order valence-corrected chi connectivity index (χ2v) is 19.7. The number of aryl methyl sites for hydroxylation is 1. The Morgan fingerprint density at radius 2 is 1.75 bits per heavy atom. The molecule has 0 radical (unpaired) electrons. The van der Waals surface area contributed by atoms with E-state index in [1.807, 2.05) is 19.2 Å². The van der Waals surface area contributed by atoms with E-state index in [4.69, 9.17) is 9.40 Å². The molecule has 4 rings (SSSR count). The molecule has 0 aliphatic rings. The van der Waals surface area contributed by atoms with Crippen molar-refractivity contribution in [3.8, 4) is 11.3 Å². The average molecular weight is 433 g/mol. The maximum atomic E-state index is 6.30. The van der Waals surface area contributed by atoms with Crippen LogP contribution in [0, 0.1) is 12.8 Å². The van der Waals surface area contributed by atoms with E-state index in [1.54, 1.807) is 0 Å². The SMILES string of the molecule is Cc1nccc2c1oc1c(-c3cc(CC(C)C)[c]([Ge]([CH3])([CH3])[CH3])cn3)cccc12. The predicted molar refractivity (Wildman–Crippen MR) is 121 cm³/mol. The van der Waals surface area contributed by atoms with Crippen LogP contribution in [0.1, 0.15) is 25.1 Å². The number of furan rings is 1. The van der Waals surface area contributed by atoms with Crippen molar-refractivity contribution in [2.24, 2.45) is 5.92 Å². The predicted octanol–water partition coefficient (Wildman–Crippen LogP) is 6.10. The number of rotatable bonds is 4. The first-order valence-electron chi connectivity index (χ1n) is 10.0. The molecule has 3 heterocycles. The van der Waals surface area contributed by atoms with Crippen LogP contribution in [0.5, 0.6) is 0 Å². The van der Waals surface area contributed by atoms with E-state index in [0.29, 0.717) is 5.92 Å². The Balaban J connectivity index is 1.95. The molecule has 0 saturated heterocycles. The number of hydrogen-bond donors (Lipinski definition) is 0. The van der Waals surface area contributed by atoms with E-state index in [0.717, 1.165) is 45.3 Å². The molecule has 28 heavy (non-hydrogen) atoms. The molecule has 4 aromatic rings. The van der Waals surface area contributed by atoms with Crippen LogP contribution >= 0.6 is 0 Å². The molecular formula is C24H28GeN2O. The van der Waals surface area contributed by atoms with Crippen LogP contribution in [0.25, 0.3) is 33.2 Å². The molecule has 0 aliphatic heterocycles. The second kappa shape index (κ2) is 7.03. The van der Waals surface area contributed by atoms with Gasteiger partial charge in [-0.1, -0.05) is 0 Å². The molecule has 144 valence electrons. The van der Waals surface area contributed by atoms with Gasteiger partial charge in [0.1, 0.15) is 0 Å². The van der Waals surface area contributed by atoms with E-state index in [9.17, 15) is 0 Å². The molecule has 0 fully saturated rings. The van der Waals surface area contributed by atoms with Crippen LogP contribution in [0.15, 0.2) is 47.1 Å². The molecule has 3 aromatic heterocycles. The Bertz CT molecular complexity index is 1170. The van der Waals surface area contributed by atoms with Gasteiger partial charge in [-0.05, 0) is 0 Å². The molecule has 0 bridgehead atoms. The summed E-state index contributed by atoms with van der Waals surface area (Å²) in [4.78, 5) is 9.28. The van der Waals surface area contributed by atoms with Gasteiger partial charge >= 0.3 is 170 Å². The van der Waals surface area contributed by atoms with Crippen LogP contribution in [-0.2, 0) is 6.42 Å². The summed E-state index contributed by atoms with van der Waals surface area (Å²) in [5.41, 5.74) is 6.21. The summed E-state index contributed by atoms with van der Waals surface area (Å²) in [7, 11) is 0. The van der Waals surface area contributed by atoms with Crippen LogP contribution in [0.4, 0.5) is 0 Å². The third-order valence-corrected chi connectivity index (χ3v) is 9.63. The first kappa shape index (κ1) is 19.2. The van der Waals surface area contributed by atoms with Crippen molar-refractivity contribution in [2.75, 3.05) is 0 Å². The fourth-order valence-corrected chi connectivity index (χ4v) is 7.32. The molecular weight excluding hydrogens is 405 g/mol. The van der Waals surface area contributed by atoms with Crippen molar-refractivity contribution < 1.29 is 4.42 Å². The summed E-state index contributed by atoms with van der Waals surface area (Å²) < 4.78 is 7.81. The summed E-state index contributed by atoms with van der Waals surface area (Å²) in [6, 6.07) is 10.7. The Labute approximate surface area is 169 Å². The van der Waals surface area contributed by atoms with Crippen LogP contribution in [0.3, 0.4) is 0 Å². The third kappa shape index (κ3) is 3.37. The van der Waals surface area contributed by atoms with Gasteiger partial charge < -0.3 is 0 Å². The van der Waals surface area contributed by atoms with Gasteiger partial charge in [0, 0.05) is 0 Å². The number of hydrogen-bond acceptors (Lipinski definition) is 3. The topological polar surface area (TPSA) is 38.9 Å². The first-order valence-corrected chi connectivity index (χ1v) is 17.4. The molecule has 0 atom stereocenters. The monoisotopic (exact) mass is 434 g/mol. The third-order valence-electron chi connectivity index (χ3n) is 5.29. The molecule has 1 aromatic carbocycles. The molecule has 0 N–H and O–H groups in total. The van der Waals surface area contributed by atoms with Gasteiger partial charge in [-0.25, -0.2) is 0 Å². The molecule has 0 amide bonds. The Morgan fingerprint density at radius 3 is 2.46 bits per heavy atom. The van der Waals surface area contributed by atoms with Gasteiger partial charge in [0.05, 0.1) is 0 Å². The molecule has 4 heteroatoms. The van der Waals surface area contributed by atoms with Crippen LogP contribution in [-0.4, -0.2) is 23.2 Å². The standard InChI is InChI=1S/C24H28GeN2O/c1-15(2)12-17-13-22(27-14-21(17)25(4,5)6)20-9-7-8-18-19-10-11-26-16(3)23(19)28-24(18)20/h7-11,13-15H,12H2,1-6H3. The fourth-order valence-electron chi connectivity index (χ4n) is 3.98. The van der Waals surface area contributed by atoms with E-state index < -0.39 is 13.3 Å². The van der Waals surface area contributed by atoms with Crippen molar-refractivity contribution in [3.63, 3.8) is 0 Å². The summed E-state index contributed by atoms with van der Waals surface area (Å²) in [6.45, 7) is 6.57. The second-order valence-electron chi connectivity index (χ2n) is 9.13. The molecule has 0 aliphatic carbocycles. The fraction of sp³-hybridized carbons (Fsp3) is 0.333. The number of benzene rings is 1. The van der Waals surface area contributed by atoms with Gasteiger partial charge in [0.15, 0.2) is 0 Å². The van der Waals surface area contributed by atoms with Crippen LogP contribution in [0.2, 0.25) is 17.3 Å². The normalized spacial score (nSPS) is 12.4. The molecule has 0 saturated carbocycles. The number of para-hydroxylation sites is 1. The summed E-state index contributed by atoms with van der Waals surface area (Å²) in [5, 5.41) is 2.25. The van der Waals surface area contributed by atoms with Gasteiger partial charge in [0.2, 0.25) is 0 Å². The maximum absolute atomic E-state index is 6.30. The molecule has 0 unspecified atom stereocenters. The van der Waals surface area contributed by atoms with Gasteiger partial charge in [-0.3, -0.25) is 0 Å². The molecule has 0 spiro atoms. The number of nitrogens with zero attached hydrogens (tertiary/aromatic N) is 2. The molecule has 3 nitrogen and oxygen atoms in total. The minimum atomic E-state index is -1.98. The van der Waals surface area contributed by atoms with Crippen molar-refractivity contribution in [3.05, 3.63) is 54.0 Å². The van der Waals surface area contributed by atoms with Crippen molar-refractivity contribution in [1.82, 2.24) is 9.97 Å². The van der Waals surface area contributed by atoms with E-state index in [1.165, 1.54) is 9.96 Å². The Hall–Kier alpha value is -2.14. The summed E-state index contributed by atoms with van der Waals surface area (Å²) in [6.07, 6.45) is 5.08.